The summed E-state index contributed by atoms with van der Waals surface area (Å²) in [5, 5.41) is 0. The lowest BCUT2D eigenvalue weighted by Crippen LogP contribution is -2.08. The zero-order chi connectivity index (χ0) is 15.6. The van der Waals surface area contributed by atoms with Gasteiger partial charge in [-0.3, -0.25) is 4.18 Å². The lowest BCUT2D eigenvalue weighted by Gasteiger charge is -2.11. The summed E-state index contributed by atoms with van der Waals surface area (Å²) in [6.45, 7) is -1.45. The van der Waals surface area contributed by atoms with Gasteiger partial charge in [0.05, 0.1) is 15.9 Å². The molecule has 4 nitrogen and oxygen atoms in total. The van der Waals surface area contributed by atoms with Crippen LogP contribution in [0.1, 0.15) is 24.8 Å². The first-order chi connectivity index (χ1) is 9.12. The fraction of sp³-hybridized carbons (Fsp3) is 0.455. The zero-order valence-corrected chi connectivity index (χ0v) is 9.87. The Balaban J connectivity index is 3.21. The van der Waals surface area contributed by atoms with E-state index >= 15 is 0 Å². The molecular weight excluding hydrogens is 228 g/mol. The monoisotopic (exact) mass is 248 g/mol. The predicted octanol–water partition coefficient (Wildman–Crippen LogP) is 2.12. The first-order valence-corrected chi connectivity index (χ1v) is 6.05. The van der Waals surface area contributed by atoms with E-state index in [9.17, 15) is 8.42 Å². The van der Waals surface area contributed by atoms with Gasteiger partial charge in [-0.05, 0) is 32.9 Å². The van der Waals surface area contributed by atoms with Gasteiger partial charge in [-0.2, -0.15) is 8.42 Å². The summed E-state index contributed by atoms with van der Waals surface area (Å²) >= 11 is 0. The molecule has 1 rings (SSSR count). The minimum Gasteiger partial charge on any atom is -0.494 e. The third-order valence-electron chi connectivity index (χ3n) is 1.95. The third kappa shape index (κ3) is 2.74. The molecule has 0 aliphatic carbocycles. The van der Waals surface area contributed by atoms with E-state index in [0.717, 1.165) is 0 Å². The fourth-order valence-electron chi connectivity index (χ4n) is 1.26. The first-order valence-electron chi connectivity index (χ1n) is 6.80. The number of ether oxygens (including phenoxy) is 1. The molecule has 1 aromatic rings. The summed E-state index contributed by atoms with van der Waals surface area (Å²) in [6.07, 6.45) is 0. The van der Waals surface area contributed by atoms with Crippen LogP contribution < -0.4 is 4.74 Å². The van der Waals surface area contributed by atoms with Crippen molar-refractivity contribution in [1.82, 2.24) is 0 Å². The molecule has 0 aliphatic heterocycles. The van der Waals surface area contributed by atoms with Crippen LogP contribution in [0.5, 0.6) is 5.75 Å². The molecule has 0 spiro atoms. The Hall–Kier alpha value is -1.07. The standard InChI is InChI=1S/C11H16O4S/c1-4-14-10-7-6-8-11(9(10)3)16(12,13)15-5-2/h6-8H,4-5H2,1-3H3/i1D2,4D2. The van der Waals surface area contributed by atoms with Gasteiger partial charge in [0.2, 0.25) is 0 Å². The second-order valence-electron chi connectivity index (χ2n) is 2.96. The molecule has 0 unspecified atom stereocenters. The van der Waals surface area contributed by atoms with Gasteiger partial charge in [0, 0.05) is 8.30 Å². The molecule has 0 radical (unpaired) electrons. The summed E-state index contributed by atoms with van der Waals surface area (Å²) in [5.41, 5.74) is 0.172. The number of hydrogen-bond donors (Lipinski definition) is 0. The van der Waals surface area contributed by atoms with Crippen LogP contribution >= 0.6 is 0 Å². The highest BCUT2D eigenvalue weighted by Gasteiger charge is 2.19. The molecule has 1 aromatic carbocycles. The number of hydrogen-bond acceptors (Lipinski definition) is 4. The van der Waals surface area contributed by atoms with Gasteiger partial charge in [0.15, 0.2) is 0 Å². The molecule has 0 aliphatic rings. The average Bonchev–Trinajstić information content (AvgIpc) is 2.31. The van der Waals surface area contributed by atoms with Gasteiger partial charge in [-0.1, -0.05) is 6.07 Å². The van der Waals surface area contributed by atoms with E-state index in [0.29, 0.717) is 0 Å². The summed E-state index contributed by atoms with van der Waals surface area (Å²) in [4.78, 5) is -0.126. The molecule has 0 fully saturated rings. The molecular formula is C11H16O4S. The highest BCUT2D eigenvalue weighted by molar-refractivity contribution is 7.86. The Labute approximate surface area is 102 Å². The highest BCUT2D eigenvalue weighted by Crippen LogP contribution is 2.26. The molecule has 0 heterocycles. The summed E-state index contributed by atoms with van der Waals surface area (Å²) in [5.74, 6) is -0.0414. The minimum atomic E-state index is -3.94. The smallest absolute Gasteiger partial charge is 0.297 e. The van der Waals surface area contributed by atoms with Gasteiger partial charge in [0.1, 0.15) is 10.6 Å². The summed E-state index contributed by atoms with van der Waals surface area (Å²) < 4.78 is 62.3. The van der Waals surface area contributed by atoms with Crippen LogP contribution in [0.4, 0.5) is 0 Å². The van der Waals surface area contributed by atoms with E-state index in [1.54, 1.807) is 0 Å². The van der Waals surface area contributed by atoms with Crippen LogP contribution in [0.25, 0.3) is 0 Å². The van der Waals surface area contributed by atoms with Crippen LogP contribution in [-0.4, -0.2) is 21.6 Å². The number of rotatable bonds is 5. The van der Waals surface area contributed by atoms with E-state index in [4.69, 9.17) is 10.2 Å². The van der Waals surface area contributed by atoms with Crippen LogP contribution in [-0.2, 0) is 14.3 Å². The molecule has 5 heteroatoms. The van der Waals surface area contributed by atoms with Crippen LogP contribution in [0.15, 0.2) is 23.1 Å². The van der Waals surface area contributed by atoms with Crippen molar-refractivity contribution in [3.8, 4) is 5.75 Å². The Morgan fingerprint density at radius 2 is 2.25 bits per heavy atom. The van der Waals surface area contributed by atoms with E-state index in [-0.39, 0.29) is 22.8 Å². The van der Waals surface area contributed by atoms with Crippen molar-refractivity contribution in [3.63, 3.8) is 0 Å². The zero-order valence-electron chi connectivity index (χ0n) is 13.1. The molecule has 16 heavy (non-hydrogen) atoms. The van der Waals surface area contributed by atoms with Crippen LogP contribution in [0.2, 0.25) is 0 Å². The van der Waals surface area contributed by atoms with E-state index in [1.165, 1.54) is 32.0 Å². The van der Waals surface area contributed by atoms with Crippen molar-refractivity contribution in [3.05, 3.63) is 23.8 Å². The van der Waals surface area contributed by atoms with E-state index < -0.39 is 23.6 Å². The molecule has 0 saturated carbocycles. The van der Waals surface area contributed by atoms with Crippen molar-refractivity contribution in [2.75, 3.05) is 13.2 Å². The van der Waals surface area contributed by atoms with Crippen molar-refractivity contribution in [2.24, 2.45) is 0 Å². The Bertz CT molecular complexity index is 572. The molecule has 0 aromatic heterocycles. The largest absolute Gasteiger partial charge is 0.494 e. The maximum Gasteiger partial charge on any atom is 0.297 e. The molecule has 0 amide bonds. The maximum atomic E-state index is 11.9. The molecule has 90 valence electrons. The van der Waals surface area contributed by atoms with Gasteiger partial charge in [-0.15, -0.1) is 0 Å². The van der Waals surface area contributed by atoms with Crippen molar-refractivity contribution in [2.45, 2.75) is 25.6 Å². The third-order valence-corrected chi connectivity index (χ3v) is 3.47. The van der Waals surface area contributed by atoms with Crippen LogP contribution in [0, 0.1) is 6.92 Å². The highest BCUT2D eigenvalue weighted by atomic mass is 32.2. The molecule has 0 bridgehead atoms. The van der Waals surface area contributed by atoms with Gasteiger partial charge >= 0.3 is 0 Å². The summed E-state index contributed by atoms with van der Waals surface area (Å²) in [6, 6.07) is 4.08. The van der Waals surface area contributed by atoms with Crippen molar-refractivity contribution in [1.29, 1.82) is 0 Å². The lowest BCUT2D eigenvalue weighted by atomic mass is 10.2. The van der Waals surface area contributed by atoms with Crippen molar-refractivity contribution < 1.29 is 22.8 Å². The molecule has 0 atom stereocenters. The lowest BCUT2D eigenvalue weighted by molar-refractivity contribution is 0.330. The summed E-state index contributed by atoms with van der Waals surface area (Å²) in [7, 11) is -3.94. The minimum absolute atomic E-state index is 0.0187. The van der Waals surface area contributed by atoms with E-state index in [1.807, 2.05) is 0 Å². The maximum absolute atomic E-state index is 11.9. The second kappa shape index (κ2) is 5.32. The van der Waals surface area contributed by atoms with E-state index in [2.05, 4.69) is 4.18 Å². The predicted molar refractivity (Wildman–Crippen MR) is 61.2 cm³/mol. The Morgan fingerprint density at radius 1 is 1.50 bits per heavy atom. The second-order valence-corrected chi connectivity index (χ2v) is 4.54. The SMILES string of the molecule is [2H]C([2H])C([2H])([2H])Oc1cccc(S(=O)(=O)OCC)c1C. The first kappa shape index (κ1) is 8.08. The fourth-order valence-corrected chi connectivity index (χ4v) is 2.42. The average molecular weight is 248 g/mol. The van der Waals surface area contributed by atoms with Crippen LogP contribution in [0.3, 0.4) is 0 Å². The molecule has 0 saturated heterocycles. The number of benzene rings is 1. The van der Waals surface area contributed by atoms with Gasteiger partial charge in [0.25, 0.3) is 10.1 Å². The van der Waals surface area contributed by atoms with Crippen molar-refractivity contribution >= 4 is 10.1 Å². The topological polar surface area (TPSA) is 52.6 Å². The van der Waals surface area contributed by atoms with Gasteiger partial charge < -0.3 is 4.74 Å². The normalized spacial score (nSPS) is 16.2. The quantitative estimate of drug-likeness (QED) is 0.749. The molecule has 0 N–H and O–H groups in total. The Kier molecular flexibility index (Phi) is 2.69. The Morgan fingerprint density at radius 3 is 2.88 bits per heavy atom. The van der Waals surface area contributed by atoms with Gasteiger partial charge in [-0.25, -0.2) is 0 Å².